The molecule has 1 atom stereocenters. The number of hydrogen-bond acceptors (Lipinski definition) is 2. The molecule has 3 nitrogen and oxygen atoms in total. The summed E-state index contributed by atoms with van der Waals surface area (Å²) in [6.07, 6.45) is 0.615. The summed E-state index contributed by atoms with van der Waals surface area (Å²) in [5.74, 6) is -0.245. The third kappa shape index (κ3) is 4.55. The van der Waals surface area contributed by atoms with Crippen molar-refractivity contribution in [2.45, 2.75) is 12.5 Å². The van der Waals surface area contributed by atoms with E-state index in [2.05, 4.69) is 21.2 Å². The molecule has 0 spiro atoms. The van der Waals surface area contributed by atoms with Crippen LogP contribution in [0.25, 0.3) is 0 Å². The lowest BCUT2D eigenvalue weighted by molar-refractivity contribution is 0.0895. The van der Waals surface area contributed by atoms with Gasteiger partial charge in [0.25, 0.3) is 5.91 Å². The Kier molecular flexibility index (Phi) is 6.60. The lowest BCUT2D eigenvalue weighted by Crippen LogP contribution is -2.38. The van der Waals surface area contributed by atoms with Gasteiger partial charge in [-0.3, -0.25) is 4.79 Å². The second kappa shape index (κ2) is 7.71. The topological polar surface area (TPSA) is 38.3 Å². The Morgan fingerprint density at radius 1 is 1.61 bits per heavy atom. The summed E-state index contributed by atoms with van der Waals surface area (Å²) in [6, 6.07) is 3.96. The number of amides is 1. The lowest BCUT2D eigenvalue weighted by Gasteiger charge is -2.16. The van der Waals surface area contributed by atoms with Gasteiger partial charge in [0, 0.05) is 18.6 Å². The summed E-state index contributed by atoms with van der Waals surface area (Å²) in [6.45, 7) is 0.390. The average molecular weight is 339 g/mol. The van der Waals surface area contributed by atoms with E-state index in [4.69, 9.17) is 16.3 Å². The molecule has 1 aromatic rings. The molecule has 0 bridgehead atoms. The van der Waals surface area contributed by atoms with Gasteiger partial charge in [-0.1, -0.05) is 0 Å². The van der Waals surface area contributed by atoms with Crippen LogP contribution in [0.4, 0.5) is 4.39 Å². The van der Waals surface area contributed by atoms with Crippen LogP contribution in [0.5, 0.6) is 0 Å². The summed E-state index contributed by atoms with van der Waals surface area (Å²) in [5.41, 5.74) is 0.388. The molecule has 100 valence electrons. The van der Waals surface area contributed by atoms with Gasteiger partial charge in [-0.2, -0.15) is 0 Å². The Bertz CT molecular complexity index is 411. The normalized spacial score (nSPS) is 12.2. The van der Waals surface area contributed by atoms with E-state index in [-0.39, 0.29) is 16.4 Å². The number of ether oxygens (including phenoxy) is 1. The molecular formula is C12H14BrClFNO2. The highest BCUT2D eigenvalue weighted by Crippen LogP contribution is 2.16. The summed E-state index contributed by atoms with van der Waals surface area (Å²) in [7, 11) is 1.56. The van der Waals surface area contributed by atoms with E-state index in [0.29, 0.717) is 24.5 Å². The highest BCUT2D eigenvalue weighted by molar-refractivity contribution is 9.10. The number of nitrogens with one attached hydrogen (secondary N) is 1. The molecule has 1 aromatic carbocycles. The molecule has 1 unspecified atom stereocenters. The fourth-order valence-corrected chi connectivity index (χ4v) is 2.08. The van der Waals surface area contributed by atoms with Crippen LogP contribution in [0, 0.1) is 5.82 Å². The van der Waals surface area contributed by atoms with Crippen LogP contribution in [0.3, 0.4) is 0 Å². The Hall–Kier alpha value is -0.650. The van der Waals surface area contributed by atoms with Crippen molar-refractivity contribution in [3.8, 4) is 0 Å². The predicted molar refractivity (Wildman–Crippen MR) is 72.6 cm³/mol. The van der Waals surface area contributed by atoms with Crippen molar-refractivity contribution in [3.05, 3.63) is 34.1 Å². The van der Waals surface area contributed by atoms with Crippen LogP contribution in [0.2, 0.25) is 0 Å². The third-order valence-corrected chi connectivity index (χ3v) is 3.17. The zero-order valence-electron chi connectivity index (χ0n) is 9.88. The van der Waals surface area contributed by atoms with Crippen LogP contribution in [-0.4, -0.2) is 31.5 Å². The highest BCUT2D eigenvalue weighted by Gasteiger charge is 2.14. The van der Waals surface area contributed by atoms with Gasteiger partial charge in [-0.15, -0.1) is 11.6 Å². The molecule has 0 aliphatic rings. The van der Waals surface area contributed by atoms with Crippen LogP contribution in [0.15, 0.2) is 22.7 Å². The fourth-order valence-electron chi connectivity index (χ4n) is 1.44. The first-order valence-corrected chi connectivity index (χ1v) is 6.72. The van der Waals surface area contributed by atoms with Crippen molar-refractivity contribution in [1.29, 1.82) is 0 Å². The first-order valence-electron chi connectivity index (χ1n) is 5.39. The summed E-state index contributed by atoms with van der Waals surface area (Å²) in [5, 5.41) is 2.79. The van der Waals surface area contributed by atoms with E-state index in [9.17, 15) is 9.18 Å². The monoisotopic (exact) mass is 337 g/mol. The minimum atomic E-state index is -0.402. The Balaban J connectivity index is 2.70. The van der Waals surface area contributed by atoms with E-state index in [1.807, 2.05) is 0 Å². The number of halogens is 3. The van der Waals surface area contributed by atoms with Gasteiger partial charge in [0.15, 0.2) is 0 Å². The SMILES string of the molecule is COCC(CCCl)NC(=O)c1ccc(F)c(Br)c1. The zero-order valence-corrected chi connectivity index (χ0v) is 12.2. The Labute approximate surface area is 119 Å². The molecule has 0 heterocycles. The van der Waals surface area contributed by atoms with Crippen molar-refractivity contribution < 1.29 is 13.9 Å². The second-order valence-electron chi connectivity index (χ2n) is 3.73. The summed E-state index contributed by atoms with van der Waals surface area (Å²) in [4.78, 5) is 11.9. The van der Waals surface area contributed by atoms with Gasteiger partial charge in [0.05, 0.1) is 17.1 Å². The van der Waals surface area contributed by atoms with Crippen molar-refractivity contribution in [2.75, 3.05) is 19.6 Å². The van der Waals surface area contributed by atoms with Crippen molar-refractivity contribution in [2.24, 2.45) is 0 Å². The zero-order chi connectivity index (χ0) is 13.5. The fraction of sp³-hybridized carbons (Fsp3) is 0.417. The molecule has 1 rings (SSSR count). The predicted octanol–water partition coefficient (Wildman–Crippen LogP) is 2.96. The van der Waals surface area contributed by atoms with Crippen LogP contribution in [0.1, 0.15) is 16.8 Å². The van der Waals surface area contributed by atoms with E-state index in [1.54, 1.807) is 7.11 Å². The number of carbonyl (C=O) groups is 1. The lowest BCUT2D eigenvalue weighted by atomic mass is 10.1. The average Bonchev–Trinajstić information content (AvgIpc) is 2.33. The number of rotatable bonds is 6. The molecule has 6 heteroatoms. The van der Waals surface area contributed by atoms with Crippen molar-refractivity contribution in [3.63, 3.8) is 0 Å². The number of benzene rings is 1. The standard InChI is InChI=1S/C12H14BrClFNO2/c1-18-7-9(4-5-14)16-12(17)8-2-3-11(15)10(13)6-8/h2-3,6,9H,4-5,7H2,1H3,(H,16,17). The molecular weight excluding hydrogens is 324 g/mol. The van der Waals surface area contributed by atoms with Crippen LogP contribution in [-0.2, 0) is 4.74 Å². The summed E-state index contributed by atoms with van der Waals surface area (Å²) < 4.78 is 18.3. The third-order valence-electron chi connectivity index (χ3n) is 2.34. The molecule has 0 saturated heterocycles. The first-order chi connectivity index (χ1) is 8.58. The molecule has 1 N–H and O–H groups in total. The molecule has 1 amide bonds. The van der Waals surface area contributed by atoms with Gasteiger partial charge in [0.1, 0.15) is 5.82 Å². The van der Waals surface area contributed by atoms with Gasteiger partial charge < -0.3 is 10.1 Å². The molecule has 0 aliphatic heterocycles. The maximum Gasteiger partial charge on any atom is 0.251 e. The number of hydrogen-bond donors (Lipinski definition) is 1. The maximum atomic E-state index is 13.1. The summed E-state index contributed by atoms with van der Waals surface area (Å²) >= 11 is 8.68. The van der Waals surface area contributed by atoms with Gasteiger partial charge >= 0.3 is 0 Å². The quantitative estimate of drug-likeness (QED) is 0.810. The van der Waals surface area contributed by atoms with Crippen molar-refractivity contribution >= 4 is 33.4 Å². The molecule has 0 saturated carbocycles. The maximum absolute atomic E-state index is 13.1. The van der Waals surface area contributed by atoms with E-state index in [1.165, 1.54) is 18.2 Å². The molecule has 18 heavy (non-hydrogen) atoms. The van der Waals surface area contributed by atoms with Gasteiger partial charge in [-0.25, -0.2) is 4.39 Å². The number of alkyl halides is 1. The van der Waals surface area contributed by atoms with E-state index in [0.717, 1.165) is 0 Å². The second-order valence-corrected chi connectivity index (χ2v) is 4.96. The highest BCUT2D eigenvalue weighted by atomic mass is 79.9. The van der Waals surface area contributed by atoms with Gasteiger partial charge in [0.2, 0.25) is 0 Å². The number of carbonyl (C=O) groups excluding carboxylic acids is 1. The first kappa shape index (κ1) is 15.4. The molecule has 0 aliphatic carbocycles. The Morgan fingerprint density at radius 2 is 2.33 bits per heavy atom. The smallest absolute Gasteiger partial charge is 0.251 e. The molecule has 0 aromatic heterocycles. The Morgan fingerprint density at radius 3 is 2.89 bits per heavy atom. The van der Waals surface area contributed by atoms with Crippen LogP contribution >= 0.6 is 27.5 Å². The van der Waals surface area contributed by atoms with Gasteiger partial charge in [-0.05, 0) is 40.5 Å². The van der Waals surface area contributed by atoms with Crippen molar-refractivity contribution in [1.82, 2.24) is 5.32 Å². The van der Waals surface area contributed by atoms with E-state index >= 15 is 0 Å². The van der Waals surface area contributed by atoms with E-state index < -0.39 is 5.82 Å². The minimum absolute atomic E-state index is 0.149. The largest absolute Gasteiger partial charge is 0.383 e. The number of methoxy groups -OCH3 is 1. The molecule has 0 fully saturated rings. The van der Waals surface area contributed by atoms with Crippen LogP contribution < -0.4 is 5.32 Å². The molecule has 0 radical (unpaired) electrons. The minimum Gasteiger partial charge on any atom is -0.383 e.